The second-order valence-corrected chi connectivity index (χ2v) is 6.86. The van der Waals surface area contributed by atoms with Crippen LogP contribution in [0.5, 0.6) is 5.75 Å². The fraction of sp³-hybridized carbons (Fsp3) is 0.667. The molecule has 0 aromatic carbocycles. The number of amides is 1. The lowest BCUT2D eigenvalue weighted by Crippen LogP contribution is -2.43. The Labute approximate surface area is 137 Å². The van der Waals surface area contributed by atoms with E-state index in [1.54, 1.807) is 19.5 Å². The van der Waals surface area contributed by atoms with Crippen molar-refractivity contribution >= 4 is 5.91 Å². The summed E-state index contributed by atoms with van der Waals surface area (Å²) in [6.07, 6.45) is 10.2. The summed E-state index contributed by atoms with van der Waals surface area (Å²) in [4.78, 5) is 16.9. The van der Waals surface area contributed by atoms with E-state index in [9.17, 15) is 9.90 Å². The largest absolute Gasteiger partial charge is 0.495 e. The summed E-state index contributed by atoms with van der Waals surface area (Å²) in [5.41, 5.74) is 0.963. The monoisotopic (exact) mass is 318 g/mol. The van der Waals surface area contributed by atoms with Crippen LogP contribution < -0.4 is 10.1 Å². The van der Waals surface area contributed by atoms with Crippen molar-refractivity contribution in [1.29, 1.82) is 0 Å². The van der Waals surface area contributed by atoms with Crippen molar-refractivity contribution in [2.24, 2.45) is 11.8 Å². The molecule has 2 aliphatic carbocycles. The van der Waals surface area contributed by atoms with E-state index in [4.69, 9.17) is 4.74 Å². The van der Waals surface area contributed by atoms with Gasteiger partial charge in [-0.15, -0.1) is 0 Å². The topological polar surface area (TPSA) is 71.5 Å². The van der Waals surface area contributed by atoms with Crippen LogP contribution in [0.4, 0.5) is 0 Å². The van der Waals surface area contributed by atoms with E-state index in [0.29, 0.717) is 5.75 Å². The highest BCUT2D eigenvalue weighted by atomic mass is 16.5. The maximum absolute atomic E-state index is 12.6. The molecule has 126 valence electrons. The molecule has 2 N–H and O–H groups in total. The van der Waals surface area contributed by atoms with Gasteiger partial charge in [0.2, 0.25) is 5.91 Å². The standard InChI is InChI=1S/C18H26N2O3/c1-23-16-9-14(10-19-11-16)17(13-7-15(21)8-13)20-18(22)12-5-3-2-4-6-12/h9-13,15,17,21H,2-8H2,1H3,(H,20,22). The number of hydrogen-bond donors (Lipinski definition) is 2. The number of rotatable bonds is 5. The lowest BCUT2D eigenvalue weighted by molar-refractivity contribution is -0.127. The highest BCUT2D eigenvalue weighted by Crippen LogP contribution is 2.39. The summed E-state index contributed by atoms with van der Waals surface area (Å²) in [6, 6.07) is 1.85. The number of carbonyl (C=O) groups excluding carboxylic acids is 1. The van der Waals surface area contributed by atoms with E-state index >= 15 is 0 Å². The fourth-order valence-corrected chi connectivity index (χ4v) is 3.73. The molecule has 1 aromatic rings. The van der Waals surface area contributed by atoms with E-state index in [1.165, 1.54) is 6.42 Å². The Kier molecular flexibility index (Phi) is 5.16. The Bertz CT molecular complexity index is 537. The minimum atomic E-state index is -0.243. The smallest absolute Gasteiger partial charge is 0.223 e. The predicted octanol–water partition coefficient (Wildman–Crippen LogP) is 2.60. The van der Waals surface area contributed by atoms with E-state index in [0.717, 1.165) is 44.1 Å². The van der Waals surface area contributed by atoms with Crippen molar-refractivity contribution in [1.82, 2.24) is 10.3 Å². The van der Waals surface area contributed by atoms with Gasteiger partial charge < -0.3 is 15.2 Å². The van der Waals surface area contributed by atoms with Gasteiger partial charge in [0.05, 0.1) is 25.5 Å². The first-order valence-electron chi connectivity index (χ1n) is 8.64. The number of aromatic nitrogens is 1. The molecule has 3 rings (SSSR count). The van der Waals surface area contributed by atoms with Gasteiger partial charge in [-0.3, -0.25) is 9.78 Å². The zero-order chi connectivity index (χ0) is 16.2. The molecule has 1 aromatic heterocycles. The van der Waals surface area contributed by atoms with Gasteiger partial charge in [0.15, 0.2) is 0 Å². The molecule has 0 saturated heterocycles. The zero-order valence-corrected chi connectivity index (χ0v) is 13.7. The van der Waals surface area contributed by atoms with Crippen molar-refractivity contribution in [3.8, 4) is 5.75 Å². The van der Waals surface area contributed by atoms with Crippen molar-refractivity contribution in [2.75, 3.05) is 7.11 Å². The minimum absolute atomic E-state index is 0.0876. The number of nitrogens with zero attached hydrogens (tertiary/aromatic N) is 1. The van der Waals surface area contributed by atoms with E-state index < -0.39 is 0 Å². The van der Waals surface area contributed by atoms with Gasteiger partial charge in [0.25, 0.3) is 0 Å². The van der Waals surface area contributed by atoms with Gasteiger partial charge in [-0.1, -0.05) is 19.3 Å². The summed E-state index contributed by atoms with van der Waals surface area (Å²) >= 11 is 0. The van der Waals surface area contributed by atoms with Gasteiger partial charge >= 0.3 is 0 Å². The summed E-state index contributed by atoms with van der Waals surface area (Å²) in [6.45, 7) is 0. The van der Waals surface area contributed by atoms with Crippen molar-refractivity contribution < 1.29 is 14.6 Å². The SMILES string of the molecule is COc1cncc(C(NC(=O)C2CCCCC2)C2CC(O)C2)c1. The molecule has 1 heterocycles. The molecule has 1 unspecified atom stereocenters. The Balaban J connectivity index is 1.73. The van der Waals surface area contributed by atoms with Crippen LogP contribution in [-0.2, 0) is 4.79 Å². The number of ether oxygens (including phenoxy) is 1. The Morgan fingerprint density at radius 3 is 2.70 bits per heavy atom. The molecule has 5 nitrogen and oxygen atoms in total. The van der Waals surface area contributed by atoms with Crippen LogP contribution in [0.2, 0.25) is 0 Å². The van der Waals surface area contributed by atoms with Crippen LogP contribution in [0.3, 0.4) is 0 Å². The van der Waals surface area contributed by atoms with Gasteiger partial charge in [-0.05, 0) is 43.2 Å². The molecule has 1 amide bonds. The van der Waals surface area contributed by atoms with Gasteiger partial charge in [-0.25, -0.2) is 0 Å². The lowest BCUT2D eigenvalue weighted by atomic mass is 9.75. The summed E-state index contributed by atoms with van der Waals surface area (Å²) < 4.78 is 5.25. The first kappa shape index (κ1) is 16.2. The maximum atomic E-state index is 12.6. The average Bonchev–Trinajstić information content (AvgIpc) is 2.58. The van der Waals surface area contributed by atoms with Crippen LogP contribution in [0.25, 0.3) is 0 Å². The van der Waals surface area contributed by atoms with Crippen LogP contribution in [0, 0.1) is 11.8 Å². The Morgan fingerprint density at radius 1 is 1.30 bits per heavy atom. The minimum Gasteiger partial charge on any atom is -0.495 e. The van der Waals surface area contributed by atoms with Crippen LogP contribution in [0.1, 0.15) is 56.6 Å². The summed E-state index contributed by atoms with van der Waals surface area (Å²) in [7, 11) is 1.61. The first-order chi connectivity index (χ1) is 11.2. The first-order valence-corrected chi connectivity index (χ1v) is 8.64. The number of methoxy groups -OCH3 is 1. The van der Waals surface area contributed by atoms with Gasteiger partial charge in [0.1, 0.15) is 5.75 Å². The molecule has 5 heteroatoms. The van der Waals surface area contributed by atoms with Crippen molar-refractivity contribution in [3.63, 3.8) is 0 Å². The molecule has 0 bridgehead atoms. The average molecular weight is 318 g/mol. The molecule has 0 aliphatic heterocycles. The highest BCUT2D eigenvalue weighted by Gasteiger charge is 2.37. The van der Waals surface area contributed by atoms with Crippen molar-refractivity contribution in [2.45, 2.75) is 57.1 Å². The molecule has 0 spiro atoms. The second kappa shape index (κ2) is 7.30. The fourth-order valence-electron chi connectivity index (χ4n) is 3.73. The number of nitrogens with one attached hydrogen (secondary N) is 1. The lowest BCUT2D eigenvalue weighted by Gasteiger charge is -2.39. The van der Waals surface area contributed by atoms with Gasteiger partial charge in [0, 0.05) is 12.1 Å². The second-order valence-electron chi connectivity index (χ2n) is 6.86. The molecular weight excluding hydrogens is 292 g/mol. The summed E-state index contributed by atoms with van der Waals surface area (Å²) in [5, 5.41) is 12.9. The number of hydrogen-bond acceptors (Lipinski definition) is 4. The van der Waals surface area contributed by atoms with Gasteiger partial charge in [-0.2, -0.15) is 0 Å². The third-order valence-electron chi connectivity index (χ3n) is 5.22. The van der Waals surface area contributed by atoms with E-state index in [2.05, 4.69) is 10.3 Å². The molecule has 1 atom stereocenters. The normalized spacial score (nSPS) is 26.2. The zero-order valence-electron chi connectivity index (χ0n) is 13.7. The molecular formula is C18H26N2O3. The van der Waals surface area contributed by atoms with Crippen LogP contribution >= 0.6 is 0 Å². The Morgan fingerprint density at radius 2 is 2.04 bits per heavy atom. The van der Waals surface area contributed by atoms with Crippen LogP contribution in [0.15, 0.2) is 18.5 Å². The molecule has 0 radical (unpaired) electrons. The van der Waals surface area contributed by atoms with E-state index in [1.807, 2.05) is 6.07 Å². The van der Waals surface area contributed by atoms with Crippen molar-refractivity contribution in [3.05, 3.63) is 24.0 Å². The number of pyridine rings is 1. The molecule has 2 aliphatic rings. The van der Waals surface area contributed by atoms with Crippen LogP contribution in [-0.4, -0.2) is 29.2 Å². The highest BCUT2D eigenvalue weighted by molar-refractivity contribution is 5.79. The number of aliphatic hydroxyl groups excluding tert-OH is 1. The molecule has 2 fully saturated rings. The maximum Gasteiger partial charge on any atom is 0.223 e. The van der Waals surface area contributed by atoms with E-state index in [-0.39, 0.29) is 29.9 Å². The Hall–Kier alpha value is -1.62. The molecule has 23 heavy (non-hydrogen) atoms. The predicted molar refractivity (Wildman–Crippen MR) is 87.0 cm³/mol. The number of aliphatic hydroxyl groups is 1. The third kappa shape index (κ3) is 3.83. The summed E-state index contributed by atoms with van der Waals surface area (Å²) in [5.74, 6) is 1.25. The molecule has 2 saturated carbocycles. The number of carbonyl (C=O) groups is 1. The quantitative estimate of drug-likeness (QED) is 0.875. The third-order valence-corrected chi connectivity index (χ3v) is 5.22.